The van der Waals surface area contributed by atoms with Gasteiger partial charge >= 0.3 is 0 Å². The van der Waals surface area contributed by atoms with Gasteiger partial charge < -0.3 is 0 Å². The zero-order valence-electron chi connectivity index (χ0n) is 7.84. The lowest BCUT2D eigenvalue weighted by Crippen LogP contribution is -1.72. The van der Waals surface area contributed by atoms with Crippen LogP contribution in [0.3, 0.4) is 0 Å². The first-order valence-electron chi connectivity index (χ1n) is 4.69. The second-order valence-electron chi connectivity index (χ2n) is 2.80. The molecule has 0 aliphatic carbocycles. The van der Waals surface area contributed by atoms with Crippen LogP contribution in [0.25, 0.3) is 0 Å². The molecule has 0 aromatic carbocycles. The summed E-state index contributed by atoms with van der Waals surface area (Å²) in [6.45, 7) is 4.29. The third-order valence-electron chi connectivity index (χ3n) is 1.66. The second kappa shape index (κ2) is 9.48. The van der Waals surface area contributed by atoms with E-state index in [1.807, 2.05) is 6.92 Å². The van der Waals surface area contributed by atoms with Gasteiger partial charge in [0.2, 0.25) is 0 Å². The number of hydrogen-bond acceptors (Lipinski definition) is 0. The van der Waals surface area contributed by atoms with Crippen molar-refractivity contribution in [1.82, 2.24) is 0 Å². The van der Waals surface area contributed by atoms with Crippen molar-refractivity contribution in [3.05, 3.63) is 24.3 Å². The Labute approximate surface area is 71.0 Å². The van der Waals surface area contributed by atoms with Gasteiger partial charge in [0.1, 0.15) is 0 Å². The molecule has 0 N–H and O–H groups in total. The van der Waals surface area contributed by atoms with E-state index in [0.29, 0.717) is 0 Å². The summed E-state index contributed by atoms with van der Waals surface area (Å²) in [5.41, 5.74) is 0. The average Bonchev–Trinajstić information content (AvgIpc) is 2.03. The van der Waals surface area contributed by atoms with Crippen LogP contribution in [0.1, 0.15) is 46.0 Å². The summed E-state index contributed by atoms with van der Waals surface area (Å²) in [6.07, 6.45) is 15.2. The predicted molar refractivity (Wildman–Crippen MR) is 52.7 cm³/mol. The molecular weight excluding hydrogens is 132 g/mol. The summed E-state index contributed by atoms with van der Waals surface area (Å²) >= 11 is 0. The lowest BCUT2D eigenvalue weighted by molar-refractivity contribution is 0.674. The van der Waals surface area contributed by atoms with Crippen LogP contribution in [0.2, 0.25) is 0 Å². The Hall–Kier alpha value is -0.520. The Morgan fingerprint density at radius 2 is 1.82 bits per heavy atom. The smallest absolute Gasteiger partial charge is 0.0348 e. The fourth-order valence-electron chi connectivity index (χ4n) is 0.975. The van der Waals surface area contributed by atoms with Crippen molar-refractivity contribution in [2.45, 2.75) is 46.0 Å². The van der Waals surface area contributed by atoms with Crippen molar-refractivity contribution in [2.24, 2.45) is 0 Å². The summed E-state index contributed by atoms with van der Waals surface area (Å²) < 4.78 is 0. The van der Waals surface area contributed by atoms with Gasteiger partial charge in [-0.25, -0.2) is 0 Å². The van der Waals surface area contributed by atoms with E-state index in [1.54, 1.807) is 0 Å². The molecule has 64 valence electrons. The van der Waals surface area contributed by atoms with E-state index in [-0.39, 0.29) is 0 Å². The fourth-order valence-corrected chi connectivity index (χ4v) is 0.975. The summed E-state index contributed by atoms with van der Waals surface area (Å²) in [6, 6.07) is 0. The first-order valence-corrected chi connectivity index (χ1v) is 4.69. The highest BCUT2D eigenvalue weighted by Crippen LogP contribution is 2.02. The molecule has 0 saturated heterocycles. The molecule has 0 amide bonds. The molecule has 0 fully saturated rings. The van der Waals surface area contributed by atoms with Crippen molar-refractivity contribution < 1.29 is 0 Å². The van der Waals surface area contributed by atoms with E-state index in [2.05, 4.69) is 31.2 Å². The number of allylic oxidation sites excluding steroid dienone is 4. The Bertz CT molecular complexity index is 109. The third-order valence-corrected chi connectivity index (χ3v) is 1.66. The third kappa shape index (κ3) is 9.48. The Morgan fingerprint density at radius 3 is 2.45 bits per heavy atom. The molecule has 0 bridgehead atoms. The van der Waals surface area contributed by atoms with Crippen LogP contribution in [0.4, 0.5) is 0 Å². The predicted octanol–water partition coefficient (Wildman–Crippen LogP) is 4.09. The van der Waals surface area contributed by atoms with Crippen LogP contribution in [0.5, 0.6) is 0 Å². The lowest BCUT2D eigenvalue weighted by atomic mass is 10.1. The van der Waals surface area contributed by atoms with Gasteiger partial charge in [-0.2, -0.15) is 0 Å². The molecule has 0 nitrogen and oxygen atoms in total. The normalized spacial score (nSPS) is 11.8. The van der Waals surface area contributed by atoms with Crippen LogP contribution in [-0.4, -0.2) is 0 Å². The number of hydrogen-bond donors (Lipinski definition) is 0. The number of unbranched alkanes of at least 4 members (excludes halogenated alkanes) is 4. The van der Waals surface area contributed by atoms with Crippen molar-refractivity contribution in [2.75, 3.05) is 0 Å². The molecule has 11 heavy (non-hydrogen) atoms. The van der Waals surface area contributed by atoms with Crippen LogP contribution in [0, 0.1) is 0 Å². The first-order chi connectivity index (χ1) is 5.41. The van der Waals surface area contributed by atoms with Gasteiger partial charge in [0.15, 0.2) is 0 Å². The largest absolute Gasteiger partial charge is 0.0877 e. The Balaban J connectivity index is 3.01. The Kier molecular flexibility index (Phi) is 9.03. The minimum Gasteiger partial charge on any atom is -0.0877 e. The highest BCUT2D eigenvalue weighted by Gasteiger charge is 1.82. The van der Waals surface area contributed by atoms with E-state index in [4.69, 9.17) is 0 Å². The minimum atomic E-state index is 1.24. The van der Waals surface area contributed by atoms with E-state index >= 15 is 0 Å². The molecule has 0 atom stereocenters. The molecular formula is C11H20. The van der Waals surface area contributed by atoms with Gasteiger partial charge in [0.05, 0.1) is 0 Å². The molecule has 0 unspecified atom stereocenters. The van der Waals surface area contributed by atoms with Gasteiger partial charge in [-0.1, -0.05) is 50.5 Å². The maximum absolute atomic E-state index is 2.25. The number of rotatable bonds is 6. The van der Waals surface area contributed by atoms with Gasteiger partial charge in [-0.15, -0.1) is 0 Å². The van der Waals surface area contributed by atoms with Crippen LogP contribution < -0.4 is 0 Å². The average molecular weight is 152 g/mol. The van der Waals surface area contributed by atoms with Crippen molar-refractivity contribution in [3.63, 3.8) is 0 Å². The minimum absolute atomic E-state index is 1.24. The molecule has 0 heteroatoms. The first kappa shape index (κ1) is 10.5. The maximum Gasteiger partial charge on any atom is -0.0348 e. The fraction of sp³-hybridized carbons (Fsp3) is 0.636. The van der Waals surface area contributed by atoms with Crippen molar-refractivity contribution >= 4 is 0 Å². The molecule has 0 aliphatic heterocycles. The van der Waals surface area contributed by atoms with E-state index < -0.39 is 0 Å². The highest BCUT2D eigenvalue weighted by atomic mass is 13.9. The monoisotopic (exact) mass is 152 g/mol. The molecule has 0 aromatic heterocycles. The second-order valence-corrected chi connectivity index (χ2v) is 2.80. The van der Waals surface area contributed by atoms with Crippen LogP contribution in [-0.2, 0) is 0 Å². The molecule has 0 saturated carbocycles. The molecule has 0 aliphatic rings. The van der Waals surface area contributed by atoms with Crippen molar-refractivity contribution in [3.8, 4) is 0 Å². The topological polar surface area (TPSA) is 0 Å². The zero-order chi connectivity index (χ0) is 8.36. The van der Waals surface area contributed by atoms with Gasteiger partial charge in [-0.3, -0.25) is 0 Å². The van der Waals surface area contributed by atoms with E-state index in [9.17, 15) is 0 Å². The summed E-state index contributed by atoms with van der Waals surface area (Å²) in [5.74, 6) is 0. The molecule has 0 spiro atoms. The SMILES string of the molecule is CC=C/C=C/CCCCCC. The quantitative estimate of drug-likeness (QED) is 0.397. The van der Waals surface area contributed by atoms with Gasteiger partial charge in [0, 0.05) is 0 Å². The molecule has 0 rings (SSSR count). The zero-order valence-corrected chi connectivity index (χ0v) is 7.84. The lowest BCUT2D eigenvalue weighted by Gasteiger charge is -1.92. The molecule has 0 aromatic rings. The summed E-state index contributed by atoms with van der Waals surface area (Å²) in [5, 5.41) is 0. The van der Waals surface area contributed by atoms with Crippen molar-refractivity contribution in [1.29, 1.82) is 0 Å². The van der Waals surface area contributed by atoms with Gasteiger partial charge in [0.25, 0.3) is 0 Å². The summed E-state index contributed by atoms with van der Waals surface area (Å²) in [7, 11) is 0. The van der Waals surface area contributed by atoms with Gasteiger partial charge in [-0.05, 0) is 19.8 Å². The molecule has 0 heterocycles. The van der Waals surface area contributed by atoms with E-state index in [1.165, 1.54) is 32.1 Å². The van der Waals surface area contributed by atoms with Crippen LogP contribution >= 0.6 is 0 Å². The molecule has 0 radical (unpaired) electrons. The summed E-state index contributed by atoms with van der Waals surface area (Å²) in [4.78, 5) is 0. The van der Waals surface area contributed by atoms with E-state index in [0.717, 1.165) is 0 Å². The maximum atomic E-state index is 2.25. The Morgan fingerprint density at radius 1 is 1.00 bits per heavy atom. The van der Waals surface area contributed by atoms with Crippen LogP contribution in [0.15, 0.2) is 24.3 Å². The highest BCUT2D eigenvalue weighted by molar-refractivity contribution is 5.00. The standard InChI is InChI=1S/C11H20/c1-3-5-7-9-11-10-8-6-4-2/h3,5,7,9H,4,6,8,10-11H2,1-2H3/b5-3?,9-7+.